The molecule has 2 fully saturated rings. The quantitative estimate of drug-likeness (QED) is 0.0249. The fourth-order valence-electron chi connectivity index (χ4n) is 9.89. The van der Waals surface area contributed by atoms with Crippen molar-refractivity contribution in [3.63, 3.8) is 0 Å². The molecule has 484 valence electrons. The van der Waals surface area contributed by atoms with E-state index < -0.39 is 74.0 Å². The van der Waals surface area contributed by atoms with Gasteiger partial charge in [-0.25, -0.2) is 13.6 Å². The van der Waals surface area contributed by atoms with Crippen molar-refractivity contribution in [2.45, 2.75) is 74.9 Å². The fourth-order valence-corrected chi connectivity index (χ4v) is 9.89. The number of carboxylic acids is 1. The molecule has 89 heavy (non-hydrogen) atoms. The number of anilines is 4. The maximum Gasteiger partial charge on any atom is 0.406 e. The van der Waals surface area contributed by atoms with Crippen LogP contribution in [0.1, 0.15) is 44.9 Å². The van der Waals surface area contributed by atoms with Crippen molar-refractivity contribution in [1.29, 1.82) is 0 Å². The van der Waals surface area contributed by atoms with Gasteiger partial charge in [0.25, 0.3) is 5.91 Å². The normalized spacial score (nSPS) is 17.7. The first-order chi connectivity index (χ1) is 42.3. The van der Waals surface area contributed by atoms with Crippen LogP contribution >= 0.6 is 0 Å². The monoisotopic (exact) mass is 1260 g/mol. The molecular formula is C62H76F8N10O9. The van der Waals surface area contributed by atoms with Gasteiger partial charge < -0.3 is 85.5 Å². The SMILES string of the molecule is COCC(O)CN.COCC(O)CNC(=O)c1ccc(NCC#Cc2cc3c(N[C@H]4CCN(C)C[C@H]4F)cccc3n2CC(F)(F)F)c(OC)c1.COc1cc(C(=O)O)ccc1NCC#Cc1cc2c(N[C@H]3CCN(C)C[C@H]3F)cccc2n1CC(F)(F)F. The van der Waals surface area contributed by atoms with Crippen LogP contribution in [0, 0.1) is 23.7 Å². The van der Waals surface area contributed by atoms with E-state index in [1.807, 2.05) is 23.9 Å². The lowest BCUT2D eigenvalue weighted by molar-refractivity contribution is -0.140. The Kier molecular flexibility index (Phi) is 26.0. The van der Waals surface area contributed by atoms with E-state index in [1.165, 1.54) is 52.7 Å². The number of likely N-dealkylation sites (tertiary alicyclic amines) is 2. The highest BCUT2D eigenvalue weighted by atomic mass is 19.4. The van der Waals surface area contributed by atoms with Crippen LogP contribution in [-0.4, -0.2) is 203 Å². The maximum atomic E-state index is 14.7. The highest BCUT2D eigenvalue weighted by molar-refractivity contribution is 5.96. The van der Waals surface area contributed by atoms with Crippen molar-refractivity contribution in [2.24, 2.45) is 5.73 Å². The van der Waals surface area contributed by atoms with Crippen molar-refractivity contribution >= 4 is 56.4 Å². The van der Waals surface area contributed by atoms with Crippen LogP contribution in [0.2, 0.25) is 0 Å². The lowest BCUT2D eigenvalue weighted by Crippen LogP contribution is -2.46. The van der Waals surface area contributed by atoms with Crippen molar-refractivity contribution < 1.29 is 79.0 Å². The molecule has 2 aliphatic heterocycles. The smallest absolute Gasteiger partial charge is 0.406 e. The Bertz CT molecular complexity index is 3430. The molecule has 4 heterocycles. The molecule has 6 aromatic rings. The van der Waals surface area contributed by atoms with Crippen LogP contribution in [0.25, 0.3) is 21.8 Å². The summed E-state index contributed by atoms with van der Waals surface area (Å²) in [5, 5.41) is 43.6. The highest BCUT2D eigenvalue weighted by Crippen LogP contribution is 2.34. The molecule has 8 rings (SSSR count). The number of aromatic carboxylic acids is 1. The van der Waals surface area contributed by atoms with E-state index in [9.17, 15) is 49.8 Å². The van der Waals surface area contributed by atoms with Crippen molar-refractivity contribution in [2.75, 3.05) is 129 Å². The summed E-state index contributed by atoms with van der Waals surface area (Å²) in [7, 11) is 9.51. The summed E-state index contributed by atoms with van der Waals surface area (Å²) in [6, 6.07) is 21.3. The van der Waals surface area contributed by atoms with Crippen molar-refractivity contribution in [3.8, 4) is 35.2 Å². The summed E-state index contributed by atoms with van der Waals surface area (Å²) in [5.41, 5.74) is 8.56. The van der Waals surface area contributed by atoms with Crippen LogP contribution < -0.4 is 41.8 Å². The van der Waals surface area contributed by atoms with Crippen molar-refractivity contribution in [1.82, 2.24) is 24.3 Å². The zero-order valence-electron chi connectivity index (χ0n) is 50.1. The topological polar surface area (TPSA) is 234 Å². The zero-order valence-corrected chi connectivity index (χ0v) is 50.1. The summed E-state index contributed by atoms with van der Waals surface area (Å²) >= 11 is 0. The predicted molar refractivity (Wildman–Crippen MR) is 326 cm³/mol. The number of methoxy groups -OCH3 is 4. The molecule has 2 unspecified atom stereocenters. The number of amides is 1. The molecule has 0 spiro atoms. The molecule has 0 saturated carbocycles. The molecule has 1 amide bonds. The van der Waals surface area contributed by atoms with E-state index in [0.29, 0.717) is 87.6 Å². The number of carbonyl (C=O) groups excluding carboxylic acids is 1. The number of carboxylic acid groups (broad SMARTS) is 1. The van der Waals surface area contributed by atoms with Crippen LogP contribution in [0.15, 0.2) is 84.9 Å². The average molecular weight is 1260 g/mol. The molecule has 19 nitrogen and oxygen atoms in total. The van der Waals surface area contributed by atoms with Crippen LogP contribution in [-0.2, 0) is 22.6 Å². The lowest BCUT2D eigenvalue weighted by atomic mass is 10.0. The van der Waals surface area contributed by atoms with E-state index in [1.54, 1.807) is 60.7 Å². The first-order valence-corrected chi connectivity index (χ1v) is 28.3. The average Bonchev–Trinajstić information content (AvgIpc) is 2.33. The number of ether oxygens (including phenoxy) is 4. The molecule has 6 atom stereocenters. The largest absolute Gasteiger partial charge is 0.495 e. The maximum absolute atomic E-state index is 14.7. The number of hydrogen-bond donors (Lipinski definition) is 9. The Morgan fingerprint density at radius 1 is 0.640 bits per heavy atom. The number of halogens is 8. The van der Waals surface area contributed by atoms with Gasteiger partial charge in [-0.05, 0) is 112 Å². The van der Waals surface area contributed by atoms with Gasteiger partial charge in [0.05, 0.1) is 104 Å². The van der Waals surface area contributed by atoms with Gasteiger partial charge in [0.15, 0.2) is 0 Å². The number of rotatable bonds is 21. The molecule has 2 saturated heterocycles. The first kappa shape index (κ1) is 70.1. The van der Waals surface area contributed by atoms with Gasteiger partial charge >= 0.3 is 18.3 Å². The minimum atomic E-state index is -4.48. The molecule has 0 aliphatic carbocycles. The van der Waals surface area contributed by atoms with Crippen molar-refractivity contribution in [3.05, 3.63) is 107 Å². The fraction of sp³-hybridized carbons (Fsp3) is 0.452. The predicted octanol–water partition coefficient (Wildman–Crippen LogP) is 7.65. The molecule has 27 heteroatoms. The van der Waals surface area contributed by atoms with Gasteiger partial charge in [-0.15, -0.1) is 0 Å². The summed E-state index contributed by atoms with van der Waals surface area (Å²) < 4.78 is 133. The second-order valence-corrected chi connectivity index (χ2v) is 21.2. The highest BCUT2D eigenvalue weighted by Gasteiger charge is 2.33. The number of aliphatic hydroxyl groups is 2. The van der Waals surface area contributed by atoms with Gasteiger partial charge in [0.2, 0.25) is 0 Å². The molecule has 2 aromatic heterocycles. The number of nitrogens with one attached hydrogen (secondary N) is 5. The molecule has 0 radical (unpaired) electrons. The van der Waals surface area contributed by atoms with Crippen LogP contribution in [0.3, 0.4) is 0 Å². The summed E-state index contributed by atoms with van der Waals surface area (Å²) in [6.45, 7) is 0.404. The van der Waals surface area contributed by atoms with E-state index in [4.69, 9.17) is 30.2 Å². The minimum absolute atomic E-state index is 0.0156. The number of benzene rings is 4. The van der Waals surface area contributed by atoms with E-state index >= 15 is 0 Å². The summed E-state index contributed by atoms with van der Waals surface area (Å²) in [6.07, 6.45) is -11.4. The van der Waals surface area contributed by atoms with E-state index in [0.717, 1.165) is 15.7 Å². The molecule has 0 bridgehead atoms. The van der Waals surface area contributed by atoms with Crippen LogP contribution in [0.5, 0.6) is 11.5 Å². The van der Waals surface area contributed by atoms with E-state index in [2.05, 4.69) is 55.0 Å². The number of nitrogens with two attached hydrogens (primary N) is 1. The second-order valence-electron chi connectivity index (χ2n) is 21.2. The number of hydrogen-bond acceptors (Lipinski definition) is 15. The van der Waals surface area contributed by atoms with Gasteiger partial charge in [-0.2, -0.15) is 26.3 Å². The Morgan fingerprint density at radius 2 is 1.08 bits per heavy atom. The number of fused-ring (bicyclic) bond motifs is 2. The number of carbonyl (C=O) groups is 2. The molecule has 2 aliphatic rings. The van der Waals surface area contributed by atoms with Gasteiger partial charge in [0, 0.05) is 81.2 Å². The molecule has 10 N–H and O–H groups in total. The number of aliphatic hydroxyl groups excluding tert-OH is 2. The first-order valence-electron chi connectivity index (χ1n) is 28.3. The third-order valence-electron chi connectivity index (χ3n) is 14.3. The van der Waals surface area contributed by atoms with Gasteiger partial charge in [0.1, 0.15) is 36.9 Å². The van der Waals surface area contributed by atoms with Crippen LogP contribution in [0.4, 0.5) is 57.9 Å². The third-order valence-corrected chi connectivity index (χ3v) is 14.3. The standard InChI is InChI=1S/C31H37F4N5O4.C27H28F4N4O3.C4H11NO2/c1-39-13-11-26(24(32)17-39)38-25-7-4-8-28-23(25)15-21(40(28)19-31(33,34)35)6-5-12-36-27-10-9-20(14-29(27)44-3)30(42)37-16-22(41)18-43-2;1-34-12-10-22(20(28)15-34)33-21-6-3-7-24-19(21)14-18(35(24)16-27(29,30)31)5-4-11-32-23-9-8-17(26(36)37)13-25(23)38-2;1-7-3-4(6)2-5/h4,7-10,14-15,22,24,26,36,38,41H,11-13,16-19H2,1-3H3,(H,37,42);3,6-9,13-14,20,22,32-33H,10-12,15-16H2,1-2H3,(H,36,37);4,6H,2-3,5H2,1H3/t22?,24-,26+;20-,22+;/m11./s1. The Balaban J connectivity index is 0.000000258. The summed E-state index contributed by atoms with van der Waals surface area (Å²) in [4.78, 5) is 27.4. The number of alkyl halides is 8. The zero-order chi connectivity index (χ0) is 65.0. The van der Waals surface area contributed by atoms with Gasteiger partial charge in [-0.1, -0.05) is 24.0 Å². The van der Waals surface area contributed by atoms with Gasteiger partial charge in [-0.3, -0.25) is 4.79 Å². The Morgan fingerprint density at radius 3 is 1.47 bits per heavy atom. The lowest BCUT2D eigenvalue weighted by Gasteiger charge is -2.33. The number of piperidine rings is 2. The Labute approximate surface area is 510 Å². The molecule has 4 aromatic carbocycles. The number of aromatic nitrogens is 2. The minimum Gasteiger partial charge on any atom is -0.495 e. The number of nitrogens with zero attached hydrogens (tertiary/aromatic N) is 4. The van der Waals surface area contributed by atoms with E-state index in [-0.39, 0.29) is 62.8 Å². The second kappa shape index (κ2) is 33.0. The summed E-state index contributed by atoms with van der Waals surface area (Å²) in [5.74, 6) is 10.5. The third kappa shape index (κ3) is 20.8. The Hall–Kier alpha value is -8.02. The molecular weight excluding hydrogens is 1180 g/mol.